The molecule has 0 aliphatic rings. The second-order valence-corrected chi connectivity index (χ2v) is 4.37. The Morgan fingerprint density at radius 2 is 1.89 bits per heavy atom. The molecular weight excluding hydrogens is 234 g/mol. The van der Waals surface area contributed by atoms with Crippen LogP contribution in [0.2, 0.25) is 0 Å². The minimum absolute atomic E-state index is 0.568. The molecule has 1 aromatic heterocycles. The van der Waals surface area contributed by atoms with Crippen LogP contribution >= 0.6 is 0 Å². The molecule has 0 spiro atoms. The van der Waals surface area contributed by atoms with Crippen LogP contribution in [0.5, 0.6) is 0 Å². The van der Waals surface area contributed by atoms with E-state index in [1.54, 1.807) is 6.20 Å². The maximum atomic E-state index is 9.22. The van der Waals surface area contributed by atoms with Crippen LogP contribution in [0, 0.1) is 11.3 Å². The minimum atomic E-state index is 0.568. The van der Waals surface area contributed by atoms with E-state index >= 15 is 0 Å². The van der Waals surface area contributed by atoms with Gasteiger partial charge in [0, 0.05) is 26.0 Å². The quantitative estimate of drug-likeness (QED) is 0.784. The maximum Gasteiger partial charge on any atom is 0.101 e. The first-order valence-electron chi connectivity index (χ1n) is 6.01. The van der Waals surface area contributed by atoms with Gasteiger partial charge in [-0.15, -0.1) is 0 Å². The second kappa shape index (κ2) is 5.83. The van der Waals surface area contributed by atoms with E-state index in [1.165, 1.54) is 0 Å². The first kappa shape index (κ1) is 12.8. The number of nitriles is 1. The molecule has 19 heavy (non-hydrogen) atoms. The van der Waals surface area contributed by atoms with Crippen molar-refractivity contribution in [3.8, 4) is 6.07 Å². The molecular formula is C16H15N3. The van der Waals surface area contributed by atoms with Gasteiger partial charge in [-0.05, 0) is 35.9 Å². The van der Waals surface area contributed by atoms with Gasteiger partial charge in [0.15, 0.2) is 0 Å². The Morgan fingerprint density at radius 1 is 1.16 bits per heavy atom. The SMILES string of the molecule is CN(C)c1ccc(/C=C(\C#N)c2ccccn2)cc1. The molecule has 0 saturated heterocycles. The average Bonchev–Trinajstić information content (AvgIpc) is 2.46. The van der Waals surface area contributed by atoms with Gasteiger partial charge in [0.05, 0.1) is 11.3 Å². The third kappa shape index (κ3) is 3.20. The number of aromatic nitrogens is 1. The van der Waals surface area contributed by atoms with Crippen LogP contribution in [0.1, 0.15) is 11.3 Å². The van der Waals surface area contributed by atoms with Crippen molar-refractivity contribution in [3.63, 3.8) is 0 Å². The number of nitrogens with zero attached hydrogens (tertiary/aromatic N) is 3. The van der Waals surface area contributed by atoms with Crippen molar-refractivity contribution < 1.29 is 0 Å². The van der Waals surface area contributed by atoms with Crippen LogP contribution in [-0.4, -0.2) is 19.1 Å². The summed E-state index contributed by atoms with van der Waals surface area (Å²) in [5.74, 6) is 0. The highest BCUT2D eigenvalue weighted by Gasteiger charge is 2.01. The van der Waals surface area contributed by atoms with Gasteiger partial charge >= 0.3 is 0 Å². The zero-order valence-electron chi connectivity index (χ0n) is 11.0. The van der Waals surface area contributed by atoms with E-state index in [0.717, 1.165) is 11.3 Å². The first-order valence-corrected chi connectivity index (χ1v) is 6.01. The van der Waals surface area contributed by atoms with Gasteiger partial charge in [0.25, 0.3) is 0 Å². The van der Waals surface area contributed by atoms with E-state index in [2.05, 4.69) is 11.1 Å². The number of hydrogen-bond acceptors (Lipinski definition) is 3. The van der Waals surface area contributed by atoms with E-state index in [-0.39, 0.29) is 0 Å². The molecule has 3 heteroatoms. The smallest absolute Gasteiger partial charge is 0.101 e. The van der Waals surface area contributed by atoms with E-state index < -0.39 is 0 Å². The number of rotatable bonds is 3. The number of hydrogen-bond donors (Lipinski definition) is 0. The van der Waals surface area contributed by atoms with Gasteiger partial charge in [0.2, 0.25) is 0 Å². The van der Waals surface area contributed by atoms with E-state index in [9.17, 15) is 5.26 Å². The summed E-state index contributed by atoms with van der Waals surface area (Å²) in [6, 6.07) is 15.8. The third-order valence-electron chi connectivity index (χ3n) is 2.78. The Labute approximate surface area is 113 Å². The summed E-state index contributed by atoms with van der Waals surface area (Å²) in [4.78, 5) is 6.23. The molecule has 2 rings (SSSR count). The summed E-state index contributed by atoms with van der Waals surface area (Å²) in [5, 5.41) is 9.22. The van der Waals surface area contributed by atoms with Gasteiger partial charge in [0.1, 0.15) is 6.07 Å². The Bertz CT molecular complexity index is 605. The fourth-order valence-electron chi connectivity index (χ4n) is 1.72. The number of allylic oxidation sites excluding steroid dienone is 1. The molecule has 3 nitrogen and oxygen atoms in total. The molecule has 0 unspecified atom stereocenters. The van der Waals surface area contributed by atoms with Gasteiger partial charge in [-0.25, -0.2) is 0 Å². The Morgan fingerprint density at radius 3 is 2.42 bits per heavy atom. The fraction of sp³-hybridized carbons (Fsp3) is 0.125. The standard InChI is InChI=1S/C16H15N3/c1-19(2)15-8-6-13(7-9-15)11-14(12-17)16-5-3-4-10-18-16/h3-11H,1-2H3/b14-11+. The molecule has 94 valence electrons. The van der Waals surface area contributed by atoms with Crippen molar-refractivity contribution in [2.75, 3.05) is 19.0 Å². The summed E-state index contributed by atoms with van der Waals surface area (Å²) in [6.07, 6.45) is 3.54. The second-order valence-electron chi connectivity index (χ2n) is 4.37. The number of anilines is 1. The highest BCUT2D eigenvalue weighted by molar-refractivity contribution is 5.88. The van der Waals surface area contributed by atoms with Gasteiger partial charge in [-0.2, -0.15) is 5.26 Å². The molecule has 0 atom stereocenters. The first-order chi connectivity index (χ1) is 9.20. The molecule has 2 aromatic rings. The van der Waals surface area contributed by atoms with E-state index in [0.29, 0.717) is 11.3 Å². The lowest BCUT2D eigenvalue weighted by Crippen LogP contribution is -2.07. The predicted octanol–water partition coefficient (Wildman–Crippen LogP) is 3.21. The number of pyridine rings is 1. The van der Waals surface area contributed by atoms with Crippen molar-refractivity contribution in [1.82, 2.24) is 4.98 Å². The number of benzene rings is 1. The van der Waals surface area contributed by atoms with Crippen LogP contribution in [0.25, 0.3) is 11.6 Å². The van der Waals surface area contributed by atoms with Crippen LogP contribution in [-0.2, 0) is 0 Å². The Kier molecular flexibility index (Phi) is 3.94. The van der Waals surface area contributed by atoms with Crippen LogP contribution in [0.3, 0.4) is 0 Å². The average molecular weight is 249 g/mol. The molecule has 0 saturated carbocycles. The fourth-order valence-corrected chi connectivity index (χ4v) is 1.72. The topological polar surface area (TPSA) is 39.9 Å². The van der Waals surface area contributed by atoms with E-state index in [1.807, 2.05) is 67.5 Å². The normalized spacial score (nSPS) is 10.9. The summed E-state index contributed by atoms with van der Waals surface area (Å²) in [5.41, 5.74) is 3.39. The molecule has 0 radical (unpaired) electrons. The molecule has 0 N–H and O–H groups in total. The van der Waals surface area contributed by atoms with Gasteiger partial charge < -0.3 is 4.90 Å². The lowest BCUT2D eigenvalue weighted by molar-refractivity contribution is 1.13. The Hall–Kier alpha value is -2.60. The molecule has 1 aromatic carbocycles. The van der Waals surface area contributed by atoms with Crippen molar-refractivity contribution in [2.45, 2.75) is 0 Å². The summed E-state index contributed by atoms with van der Waals surface area (Å²) in [6.45, 7) is 0. The van der Waals surface area contributed by atoms with Crippen molar-refractivity contribution in [1.29, 1.82) is 5.26 Å². The molecule has 0 fully saturated rings. The summed E-state index contributed by atoms with van der Waals surface area (Å²) < 4.78 is 0. The van der Waals surface area contributed by atoms with Gasteiger partial charge in [-0.1, -0.05) is 18.2 Å². The molecule has 0 bridgehead atoms. The zero-order chi connectivity index (χ0) is 13.7. The highest BCUT2D eigenvalue weighted by atomic mass is 15.1. The predicted molar refractivity (Wildman–Crippen MR) is 78.5 cm³/mol. The molecule has 0 aliphatic carbocycles. The Balaban J connectivity index is 2.31. The lowest BCUT2D eigenvalue weighted by atomic mass is 10.1. The monoisotopic (exact) mass is 249 g/mol. The molecule has 0 aliphatic heterocycles. The summed E-state index contributed by atoms with van der Waals surface area (Å²) in [7, 11) is 4.00. The maximum absolute atomic E-state index is 9.22. The van der Waals surface area contributed by atoms with Crippen molar-refractivity contribution in [2.24, 2.45) is 0 Å². The highest BCUT2D eigenvalue weighted by Crippen LogP contribution is 2.18. The molecule has 0 amide bonds. The van der Waals surface area contributed by atoms with Crippen LogP contribution in [0.4, 0.5) is 5.69 Å². The minimum Gasteiger partial charge on any atom is -0.378 e. The van der Waals surface area contributed by atoms with Crippen molar-refractivity contribution in [3.05, 3.63) is 59.9 Å². The third-order valence-corrected chi connectivity index (χ3v) is 2.78. The van der Waals surface area contributed by atoms with Crippen LogP contribution in [0.15, 0.2) is 48.7 Å². The van der Waals surface area contributed by atoms with Crippen molar-refractivity contribution >= 4 is 17.3 Å². The largest absolute Gasteiger partial charge is 0.378 e. The molecule has 1 heterocycles. The summed E-state index contributed by atoms with van der Waals surface area (Å²) >= 11 is 0. The van der Waals surface area contributed by atoms with Crippen LogP contribution < -0.4 is 4.90 Å². The lowest BCUT2D eigenvalue weighted by Gasteiger charge is -2.11. The zero-order valence-corrected chi connectivity index (χ0v) is 11.0. The van der Waals surface area contributed by atoms with Gasteiger partial charge in [-0.3, -0.25) is 4.98 Å². The van der Waals surface area contributed by atoms with E-state index in [4.69, 9.17) is 0 Å².